The summed E-state index contributed by atoms with van der Waals surface area (Å²) in [4.78, 5) is 36.8. The predicted molar refractivity (Wildman–Crippen MR) is 86.2 cm³/mol. The monoisotopic (exact) mass is 315 g/mol. The first kappa shape index (κ1) is 16.9. The Bertz CT molecular complexity index is 607. The van der Waals surface area contributed by atoms with Gasteiger partial charge in [0.25, 0.3) is 5.91 Å². The van der Waals surface area contributed by atoms with E-state index in [1.807, 2.05) is 30.3 Å². The van der Waals surface area contributed by atoms with E-state index in [0.29, 0.717) is 38.0 Å². The summed E-state index contributed by atoms with van der Waals surface area (Å²) in [7, 11) is 0. The summed E-state index contributed by atoms with van der Waals surface area (Å²) in [6.07, 6.45) is 3.43. The van der Waals surface area contributed by atoms with Gasteiger partial charge in [-0.3, -0.25) is 19.3 Å². The number of nitrogens with zero attached hydrogens (tertiary/aromatic N) is 1. The molecule has 122 valence electrons. The van der Waals surface area contributed by atoms with E-state index in [0.717, 1.165) is 5.56 Å². The van der Waals surface area contributed by atoms with E-state index >= 15 is 0 Å². The number of carbonyl (C=O) groups is 3. The Labute approximate surface area is 135 Å². The molecule has 1 aliphatic heterocycles. The van der Waals surface area contributed by atoms with Crippen molar-refractivity contribution >= 4 is 23.9 Å². The first-order valence-electron chi connectivity index (χ1n) is 7.87. The molecule has 0 unspecified atom stereocenters. The standard InChI is InChI=1S/C18H21NO4/c1-2-23-17(21)10-6-7-11-19-16(20)13-15(18(19)22)12-14-8-4-3-5-9-14/h3-5,8-9,12H,2,6-7,10-11,13H2,1H3/b15-12+. The minimum Gasteiger partial charge on any atom is -0.466 e. The summed E-state index contributed by atoms with van der Waals surface area (Å²) in [5, 5.41) is 0. The first-order chi connectivity index (χ1) is 11.1. The minimum atomic E-state index is -0.240. The third-order valence-corrected chi connectivity index (χ3v) is 3.62. The van der Waals surface area contributed by atoms with Crippen LogP contribution in [-0.2, 0) is 19.1 Å². The van der Waals surface area contributed by atoms with Crippen LogP contribution in [0.2, 0.25) is 0 Å². The molecule has 5 nitrogen and oxygen atoms in total. The molecule has 0 aromatic heterocycles. The van der Waals surface area contributed by atoms with E-state index in [9.17, 15) is 14.4 Å². The molecule has 1 fully saturated rings. The van der Waals surface area contributed by atoms with Crippen molar-refractivity contribution in [3.63, 3.8) is 0 Å². The Kier molecular flexibility index (Phi) is 6.09. The quantitative estimate of drug-likeness (QED) is 0.336. The van der Waals surface area contributed by atoms with Crippen LogP contribution in [0.5, 0.6) is 0 Å². The fraction of sp³-hybridized carbons (Fsp3) is 0.389. The summed E-state index contributed by atoms with van der Waals surface area (Å²) >= 11 is 0. The van der Waals surface area contributed by atoms with Crippen LogP contribution >= 0.6 is 0 Å². The summed E-state index contributed by atoms with van der Waals surface area (Å²) in [5.74, 6) is -0.639. The highest BCUT2D eigenvalue weighted by Crippen LogP contribution is 2.22. The van der Waals surface area contributed by atoms with Gasteiger partial charge < -0.3 is 4.74 Å². The molecule has 0 spiro atoms. The summed E-state index contributed by atoms with van der Waals surface area (Å²) < 4.78 is 4.84. The van der Waals surface area contributed by atoms with E-state index in [4.69, 9.17) is 4.74 Å². The van der Waals surface area contributed by atoms with Crippen molar-refractivity contribution in [1.29, 1.82) is 0 Å². The highest BCUT2D eigenvalue weighted by molar-refractivity contribution is 6.15. The number of amides is 2. The lowest BCUT2D eigenvalue weighted by atomic mass is 10.1. The molecule has 0 N–H and O–H groups in total. The van der Waals surface area contributed by atoms with Gasteiger partial charge in [0.1, 0.15) is 0 Å². The van der Waals surface area contributed by atoms with Crippen LogP contribution in [0, 0.1) is 0 Å². The molecule has 2 rings (SSSR count). The van der Waals surface area contributed by atoms with Crippen molar-refractivity contribution in [2.75, 3.05) is 13.2 Å². The Balaban J connectivity index is 1.87. The van der Waals surface area contributed by atoms with Crippen molar-refractivity contribution in [2.24, 2.45) is 0 Å². The number of hydrogen-bond donors (Lipinski definition) is 0. The van der Waals surface area contributed by atoms with Crippen molar-refractivity contribution in [3.05, 3.63) is 41.5 Å². The maximum Gasteiger partial charge on any atom is 0.305 e. The molecule has 0 atom stereocenters. The fourth-order valence-electron chi connectivity index (χ4n) is 2.48. The molecule has 0 aliphatic carbocycles. The van der Waals surface area contributed by atoms with Gasteiger partial charge in [-0.2, -0.15) is 0 Å². The van der Waals surface area contributed by atoms with Crippen molar-refractivity contribution in [3.8, 4) is 0 Å². The zero-order valence-electron chi connectivity index (χ0n) is 13.3. The van der Waals surface area contributed by atoms with Crippen molar-refractivity contribution < 1.29 is 19.1 Å². The molecule has 5 heteroatoms. The van der Waals surface area contributed by atoms with Gasteiger partial charge in [-0.05, 0) is 31.4 Å². The largest absolute Gasteiger partial charge is 0.466 e. The van der Waals surface area contributed by atoms with Gasteiger partial charge in [0.2, 0.25) is 5.91 Å². The molecule has 0 saturated carbocycles. The van der Waals surface area contributed by atoms with Gasteiger partial charge in [-0.1, -0.05) is 30.3 Å². The molecule has 23 heavy (non-hydrogen) atoms. The van der Waals surface area contributed by atoms with Crippen LogP contribution in [0.25, 0.3) is 6.08 Å². The van der Waals surface area contributed by atoms with Gasteiger partial charge in [-0.15, -0.1) is 0 Å². The number of unbranched alkanes of at least 4 members (excludes halogenated alkanes) is 1. The zero-order chi connectivity index (χ0) is 16.7. The first-order valence-corrected chi connectivity index (χ1v) is 7.87. The lowest BCUT2D eigenvalue weighted by Crippen LogP contribution is -2.30. The lowest BCUT2D eigenvalue weighted by molar-refractivity contribution is -0.143. The molecule has 0 bridgehead atoms. The SMILES string of the molecule is CCOC(=O)CCCCN1C(=O)C/C(=C\c2ccccc2)C1=O. The normalized spacial score (nSPS) is 16.2. The molecule has 1 aliphatic rings. The Morgan fingerprint density at radius 2 is 1.96 bits per heavy atom. The third kappa shape index (κ3) is 4.77. The van der Waals surface area contributed by atoms with Crippen molar-refractivity contribution in [1.82, 2.24) is 4.90 Å². The number of hydrogen-bond acceptors (Lipinski definition) is 4. The van der Waals surface area contributed by atoms with E-state index in [-0.39, 0.29) is 24.2 Å². The summed E-state index contributed by atoms with van der Waals surface area (Å²) in [6.45, 7) is 2.48. The number of imide groups is 1. The fourth-order valence-corrected chi connectivity index (χ4v) is 2.48. The minimum absolute atomic E-state index is 0.144. The van der Waals surface area contributed by atoms with Gasteiger partial charge in [-0.25, -0.2) is 0 Å². The molecule has 1 saturated heterocycles. The Morgan fingerprint density at radius 3 is 2.65 bits per heavy atom. The predicted octanol–water partition coefficient (Wildman–Crippen LogP) is 2.56. The second-order valence-electron chi connectivity index (χ2n) is 5.37. The van der Waals surface area contributed by atoms with Crippen molar-refractivity contribution in [2.45, 2.75) is 32.6 Å². The smallest absolute Gasteiger partial charge is 0.305 e. The van der Waals surface area contributed by atoms with Crippen LogP contribution in [0.3, 0.4) is 0 Å². The lowest BCUT2D eigenvalue weighted by Gasteiger charge is -2.12. The molecule has 1 heterocycles. The molecule has 1 aromatic carbocycles. The van der Waals surface area contributed by atoms with Gasteiger partial charge >= 0.3 is 5.97 Å². The third-order valence-electron chi connectivity index (χ3n) is 3.62. The second-order valence-corrected chi connectivity index (χ2v) is 5.37. The van der Waals surface area contributed by atoms with Crippen LogP contribution < -0.4 is 0 Å². The zero-order valence-corrected chi connectivity index (χ0v) is 13.3. The number of likely N-dealkylation sites (tertiary alicyclic amines) is 1. The Morgan fingerprint density at radius 1 is 1.22 bits per heavy atom. The number of ether oxygens (including phenoxy) is 1. The summed E-state index contributed by atoms with van der Waals surface area (Å²) in [5.41, 5.74) is 1.43. The maximum atomic E-state index is 12.3. The molecule has 1 aromatic rings. The van der Waals surface area contributed by atoms with Gasteiger partial charge in [0.15, 0.2) is 0 Å². The molecule has 2 amide bonds. The molecular weight excluding hydrogens is 294 g/mol. The van der Waals surface area contributed by atoms with E-state index < -0.39 is 0 Å². The maximum absolute atomic E-state index is 12.3. The average Bonchev–Trinajstić information content (AvgIpc) is 2.80. The molecule has 0 radical (unpaired) electrons. The van der Waals surface area contributed by atoms with E-state index in [2.05, 4.69) is 0 Å². The van der Waals surface area contributed by atoms with Crippen LogP contribution in [-0.4, -0.2) is 35.8 Å². The second kappa shape index (κ2) is 8.27. The number of esters is 1. The topological polar surface area (TPSA) is 63.7 Å². The van der Waals surface area contributed by atoms with Gasteiger partial charge in [0.05, 0.1) is 13.0 Å². The number of carbonyl (C=O) groups excluding carboxylic acids is 3. The summed E-state index contributed by atoms with van der Waals surface area (Å²) in [6, 6.07) is 9.47. The van der Waals surface area contributed by atoms with E-state index in [1.54, 1.807) is 13.0 Å². The highest BCUT2D eigenvalue weighted by Gasteiger charge is 2.33. The highest BCUT2D eigenvalue weighted by atomic mass is 16.5. The molecular formula is C18H21NO4. The van der Waals surface area contributed by atoms with Crippen LogP contribution in [0.4, 0.5) is 0 Å². The number of rotatable bonds is 7. The number of benzene rings is 1. The average molecular weight is 315 g/mol. The van der Waals surface area contributed by atoms with Crippen LogP contribution in [0.1, 0.15) is 38.2 Å². The van der Waals surface area contributed by atoms with Gasteiger partial charge in [0, 0.05) is 18.5 Å². The van der Waals surface area contributed by atoms with E-state index in [1.165, 1.54) is 4.90 Å². The van der Waals surface area contributed by atoms with Crippen LogP contribution in [0.15, 0.2) is 35.9 Å². The Hall–Kier alpha value is -2.43.